The second kappa shape index (κ2) is 8.27. The molecule has 0 bridgehead atoms. The Hall–Kier alpha value is -3.98. The van der Waals surface area contributed by atoms with Gasteiger partial charge in [-0.3, -0.25) is 9.78 Å². The quantitative estimate of drug-likeness (QED) is 0.476. The zero-order valence-electron chi connectivity index (χ0n) is 17.4. The summed E-state index contributed by atoms with van der Waals surface area (Å²) in [4.78, 5) is 23.4. The molecule has 0 saturated carbocycles. The van der Waals surface area contributed by atoms with Crippen LogP contribution in [-0.4, -0.2) is 32.8 Å². The number of para-hydroxylation sites is 2. The molecule has 4 heterocycles. The molecule has 0 spiro atoms. The van der Waals surface area contributed by atoms with Crippen LogP contribution in [0.25, 0.3) is 10.7 Å². The van der Waals surface area contributed by atoms with E-state index in [9.17, 15) is 4.79 Å². The number of benzene rings is 1. The summed E-state index contributed by atoms with van der Waals surface area (Å²) in [6, 6.07) is 14.5. The van der Waals surface area contributed by atoms with Gasteiger partial charge in [0.2, 0.25) is 5.95 Å². The van der Waals surface area contributed by atoms with Crippen molar-refractivity contribution in [3.8, 4) is 16.5 Å². The maximum absolute atomic E-state index is 13.5. The molecule has 1 aromatic carbocycles. The van der Waals surface area contributed by atoms with Gasteiger partial charge in [0.15, 0.2) is 5.82 Å². The number of amides is 1. The molecule has 0 unspecified atom stereocenters. The fraction of sp³-hybridized carbons (Fsp3) is 0.130. The fourth-order valence-electron chi connectivity index (χ4n) is 3.74. The van der Waals surface area contributed by atoms with Crippen LogP contribution in [0.1, 0.15) is 18.5 Å². The molecule has 0 aliphatic carbocycles. The third-order valence-electron chi connectivity index (χ3n) is 5.19. The number of methoxy groups -OCH3 is 1. The number of rotatable bonds is 5. The lowest BCUT2D eigenvalue weighted by atomic mass is 9.96. The minimum absolute atomic E-state index is 0.257. The topological polar surface area (TPSA) is 94.0 Å². The minimum Gasteiger partial charge on any atom is -0.495 e. The number of anilines is 2. The summed E-state index contributed by atoms with van der Waals surface area (Å²) in [5.41, 5.74) is 2.65. The fourth-order valence-corrected chi connectivity index (χ4v) is 4.39. The summed E-state index contributed by atoms with van der Waals surface area (Å²) in [5.74, 6) is 1.51. The third-order valence-corrected chi connectivity index (χ3v) is 6.06. The van der Waals surface area contributed by atoms with E-state index in [2.05, 4.69) is 20.6 Å². The van der Waals surface area contributed by atoms with Crippen LogP contribution in [0.3, 0.4) is 0 Å². The Morgan fingerprint density at radius 3 is 2.81 bits per heavy atom. The van der Waals surface area contributed by atoms with Crippen molar-refractivity contribution < 1.29 is 9.53 Å². The van der Waals surface area contributed by atoms with Crippen LogP contribution in [0.2, 0.25) is 0 Å². The molecular formula is C23H20N6O2S. The molecule has 0 radical (unpaired) electrons. The zero-order chi connectivity index (χ0) is 22.1. The van der Waals surface area contributed by atoms with Gasteiger partial charge in [0.05, 0.1) is 23.2 Å². The number of ether oxygens (including phenoxy) is 1. The van der Waals surface area contributed by atoms with Crippen LogP contribution in [0.15, 0.2) is 77.6 Å². The second-order valence-electron chi connectivity index (χ2n) is 7.19. The molecule has 9 heteroatoms. The van der Waals surface area contributed by atoms with Gasteiger partial charge >= 0.3 is 0 Å². The lowest BCUT2D eigenvalue weighted by Gasteiger charge is -2.28. The molecule has 0 fully saturated rings. The number of nitrogens with zero attached hydrogens (tertiary/aromatic N) is 4. The predicted molar refractivity (Wildman–Crippen MR) is 124 cm³/mol. The average molecular weight is 445 g/mol. The number of hydrogen-bond acceptors (Lipinski definition) is 7. The zero-order valence-corrected chi connectivity index (χ0v) is 18.3. The van der Waals surface area contributed by atoms with Gasteiger partial charge in [-0.25, -0.2) is 4.68 Å². The van der Waals surface area contributed by atoms with Crippen LogP contribution >= 0.6 is 11.3 Å². The van der Waals surface area contributed by atoms with Crippen LogP contribution in [0.4, 0.5) is 11.6 Å². The SMILES string of the molecule is COc1ccccc1NC(=O)C1=C(C)Nc2nc(-c3cccs3)nn2[C@@H]1c1cccnc1. The molecule has 1 amide bonds. The summed E-state index contributed by atoms with van der Waals surface area (Å²) in [5, 5.41) is 13.0. The summed E-state index contributed by atoms with van der Waals surface area (Å²) >= 11 is 1.57. The van der Waals surface area contributed by atoms with Gasteiger partial charge in [-0.2, -0.15) is 4.98 Å². The van der Waals surface area contributed by atoms with Crippen molar-refractivity contribution in [3.05, 3.63) is 83.1 Å². The van der Waals surface area contributed by atoms with Gasteiger partial charge in [0.25, 0.3) is 5.91 Å². The molecule has 1 aliphatic rings. The largest absolute Gasteiger partial charge is 0.495 e. The lowest BCUT2D eigenvalue weighted by molar-refractivity contribution is -0.113. The van der Waals surface area contributed by atoms with E-state index in [4.69, 9.17) is 9.84 Å². The molecule has 0 saturated heterocycles. The van der Waals surface area contributed by atoms with Crippen molar-refractivity contribution in [3.63, 3.8) is 0 Å². The molecule has 8 nitrogen and oxygen atoms in total. The van der Waals surface area contributed by atoms with E-state index in [0.29, 0.717) is 34.5 Å². The summed E-state index contributed by atoms with van der Waals surface area (Å²) in [6.45, 7) is 1.86. The van der Waals surface area contributed by atoms with E-state index in [1.165, 1.54) is 0 Å². The van der Waals surface area contributed by atoms with E-state index in [0.717, 1.165) is 10.4 Å². The highest BCUT2D eigenvalue weighted by Crippen LogP contribution is 2.37. The van der Waals surface area contributed by atoms with E-state index < -0.39 is 6.04 Å². The second-order valence-corrected chi connectivity index (χ2v) is 8.14. The molecular weight excluding hydrogens is 424 g/mol. The number of allylic oxidation sites excluding steroid dienone is 1. The molecule has 1 aliphatic heterocycles. The maximum atomic E-state index is 13.5. The molecule has 160 valence electrons. The van der Waals surface area contributed by atoms with E-state index in [1.54, 1.807) is 47.7 Å². The van der Waals surface area contributed by atoms with Crippen LogP contribution in [0.5, 0.6) is 5.75 Å². The molecule has 32 heavy (non-hydrogen) atoms. The van der Waals surface area contributed by atoms with Crippen molar-refractivity contribution >= 4 is 28.9 Å². The first-order valence-corrected chi connectivity index (χ1v) is 10.9. The third kappa shape index (κ3) is 3.52. The van der Waals surface area contributed by atoms with Crippen molar-refractivity contribution in [2.45, 2.75) is 13.0 Å². The number of pyridine rings is 1. The maximum Gasteiger partial charge on any atom is 0.255 e. The monoisotopic (exact) mass is 444 g/mol. The predicted octanol–water partition coefficient (Wildman–Crippen LogP) is 4.34. The highest BCUT2D eigenvalue weighted by Gasteiger charge is 2.35. The number of thiophene rings is 1. The normalized spacial score (nSPS) is 15.1. The van der Waals surface area contributed by atoms with E-state index >= 15 is 0 Å². The molecule has 1 atom stereocenters. The van der Waals surface area contributed by atoms with Crippen LogP contribution < -0.4 is 15.4 Å². The first kappa shape index (κ1) is 20.0. The number of fused-ring (bicyclic) bond motifs is 1. The highest BCUT2D eigenvalue weighted by molar-refractivity contribution is 7.13. The number of aromatic nitrogens is 4. The Kier molecular flexibility index (Phi) is 5.16. The lowest BCUT2D eigenvalue weighted by Crippen LogP contribution is -2.31. The van der Waals surface area contributed by atoms with Gasteiger partial charge in [-0.15, -0.1) is 16.4 Å². The number of carbonyl (C=O) groups excluding carboxylic acids is 1. The number of hydrogen-bond donors (Lipinski definition) is 2. The summed E-state index contributed by atoms with van der Waals surface area (Å²) in [6.07, 6.45) is 3.45. The first-order valence-electron chi connectivity index (χ1n) is 9.98. The van der Waals surface area contributed by atoms with E-state index in [1.807, 2.05) is 48.7 Å². The Bertz CT molecular complexity index is 1300. The molecule has 2 N–H and O–H groups in total. The first-order chi connectivity index (χ1) is 15.7. The summed E-state index contributed by atoms with van der Waals surface area (Å²) < 4.78 is 7.14. The Labute approximate surface area is 188 Å². The average Bonchev–Trinajstić information content (AvgIpc) is 3.49. The molecule has 3 aromatic heterocycles. The van der Waals surface area contributed by atoms with Gasteiger partial charge < -0.3 is 15.4 Å². The van der Waals surface area contributed by atoms with Crippen molar-refractivity contribution in [1.29, 1.82) is 0 Å². The van der Waals surface area contributed by atoms with Crippen LogP contribution in [0, 0.1) is 0 Å². The Morgan fingerprint density at radius 1 is 1.19 bits per heavy atom. The van der Waals surface area contributed by atoms with Gasteiger partial charge in [0.1, 0.15) is 11.8 Å². The molecule has 4 aromatic rings. The number of nitrogens with one attached hydrogen (secondary N) is 2. The van der Waals surface area contributed by atoms with Crippen molar-refractivity contribution in [1.82, 2.24) is 19.7 Å². The van der Waals surface area contributed by atoms with Crippen molar-refractivity contribution in [2.75, 3.05) is 17.7 Å². The van der Waals surface area contributed by atoms with Gasteiger partial charge in [-0.05, 0) is 42.1 Å². The smallest absolute Gasteiger partial charge is 0.255 e. The standard InChI is InChI=1S/C23H20N6O2S/c1-14-19(22(30)26-16-8-3-4-9-17(16)31-2)20(15-7-5-11-24-13-15)29-23(25-14)27-21(28-29)18-10-6-12-32-18/h3-13,20H,1-2H3,(H,26,30)(H,25,27,28)/t20-/m1/s1. The van der Waals surface area contributed by atoms with E-state index in [-0.39, 0.29) is 5.91 Å². The van der Waals surface area contributed by atoms with Gasteiger partial charge in [0, 0.05) is 18.1 Å². The van der Waals surface area contributed by atoms with Crippen LogP contribution in [-0.2, 0) is 4.79 Å². The van der Waals surface area contributed by atoms with Gasteiger partial charge in [-0.1, -0.05) is 24.3 Å². The highest BCUT2D eigenvalue weighted by atomic mass is 32.1. The Balaban J connectivity index is 1.59. The van der Waals surface area contributed by atoms with Crippen molar-refractivity contribution in [2.24, 2.45) is 0 Å². The minimum atomic E-state index is -0.490. The summed E-state index contributed by atoms with van der Waals surface area (Å²) in [7, 11) is 1.57. The number of carbonyl (C=O) groups is 1. The Morgan fingerprint density at radius 2 is 2.06 bits per heavy atom. The molecule has 5 rings (SSSR count).